The van der Waals surface area contributed by atoms with Gasteiger partial charge in [-0.1, -0.05) is 37.3 Å². The zero-order chi connectivity index (χ0) is 19.9. The van der Waals surface area contributed by atoms with Crippen molar-refractivity contribution in [2.75, 3.05) is 13.6 Å². The van der Waals surface area contributed by atoms with Crippen molar-refractivity contribution in [3.63, 3.8) is 0 Å². The Bertz CT molecular complexity index is 985. The molecule has 0 amide bonds. The van der Waals surface area contributed by atoms with E-state index in [0.717, 1.165) is 53.9 Å². The summed E-state index contributed by atoms with van der Waals surface area (Å²) in [6.07, 6.45) is 8.87. The number of pyridine rings is 1. The molecule has 144 valence electrons. The first-order chi connectivity index (χ1) is 13.7. The highest BCUT2D eigenvalue weighted by Gasteiger charge is 2.12. The van der Waals surface area contributed by atoms with Gasteiger partial charge in [0.05, 0.1) is 5.69 Å². The number of aryl methyl sites for hydroxylation is 1. The Morgan fingerprint density at radius 2 is 2.07 bits per heavy atom. The molecular weight excluding hydrogens is 346 g/mol. The van der Waals surface area contributed by atoms with Crippen LogP contribution in [-0.2, 0) is 6.42 Å². The van der Waals surface area contributed by atoms with E-state index >= 15 is 0 Å². The van der Waals surface area contributed by atoms with Gasteiger partial charge in [-0.15, -0.1) is 0 Å². The van der Waals surface area contributed by atoms with Crippen LogP contribution in [-0.4, -0.2) is 29.8 Å². The zero-order valence-electron chi connectivity index (χ0n) is 16.8. The van der Waals surface area contributed by atoms with E-state index in [1.807, 2.05) is 25.4 Å². The van der Waals surface area contributed by atoms with Crippen LogP contribution in [0.3, 0.4) is 0 Å². The third-order valence-electron chi connectivity index (χ3n) is 4.88. The van der Waals surface area contributed by atoms with E-state index < -0.39 is 0 Å². The third-order valence-corrected chi connectivity index (χ3v) is 4.88. The fraction of sp³-hybridized carbons (Fsp3) is 0.250. The molecule has 0 saturated heterocycles. The van der Waals surface area contributed by atoms with Crippen LogP contribution < -0.4 is 5.32 Å². The summed E-state index contributed by atoms with van der Waals surface area (Å²) in [4.78, 5) is 19.5. The van der Waals surface area contributed by atoms with Crippen LogP contribution in [0.25, 0.3) is 28.6 Å². The van der Waals surface area contributed by atoms with Gasteiger partial charge >= 0.3 is 0 Å². The summed E-state index contributed by atoms with van der Waals surface area (Å²) in [6.45, 7) is 5.08. The SMILES string of the molecule is CC/C=C\c1c(C)cccc1-c1cc(-c2cc(C=O)c(CCNC)[nH]2)ccn1. The number of aldehydes is 1. The van der Waals surface area contributed by atoms with Gasteiger partial charge in [0.25, 0.3) is 0 Å². The Hall–Kier alpha value is -2.98. The van der Waals surface area contributed by atoms with E-state index in [4.69, 9.17) is 0 Å². The van der Waals surface area contributed by atoms with Gasteiger partial charge in [-0.25, -0.2) is 0 Å². The molecule has 2 N–H and O–H groups in total. The van der Waals surface area contributed by atoms with Crippen LogP contribution >= 0.6 is 0 Å². The second-order valence-corrected chi connectivity index (χ2v) is 6.86. The normalized spacial score (nSPS) is 11.2. The lowest BCUT2D eigenvalue weighted by molar-refractivity contribution is 0.112. The van der Waals surface area contributed by atoms with Gasteiger partial charge < -0.3 is 10.3 Å². The Kier molecular flexibility index (Phi) is 6.56. The second kappa shape index (κ2) is 9.29. The molecule has 4 heteroatoms. The number of benzene rings is 1. The lowest BCUT2D eigenvalue weighted by atomic mass is 9.97. The summed E-state index contributed by atoms with van der Waals surface area (Å²) in [7, 11) is 1.91. The maximum atomic E-state index is 11.4. The number of H-pyrrole nitrogens is 1. The van der Waals surface area contributed by atoms with Crippen molar-refractivity contribution in [1.29, 1.82) is 0 Å². The van der Waals surface area contributed by atoms with Gasteiger partial charge in [-0.3, -0.25) is 9.78 Å². The predicted molar refractivity (Wildman–Crippen MR) is 117 cm³/mol. The molecule has 0 saturated carbocycles. The maximum Gasteiger partial charge on any atom is 0.151 e. The number of aromatic nitrogens is 2. The van der Waals surface area contributed by atoms with Gasteiger partial charge in [0.15, 0.2) is 6.29 Å². The molecule has 0 aliphatic carbocycles. The molecule has 0 spiro atoms. The molecule has 0 radical (unpaired) electrons. The summed E-state index contributed by atoms with van der Waals surface area (Å²) in [5, 5.41) is 3.12. The summed E-state index contributed by atoms with van der Waals surface area (Å²) in [6, 6.07) is 12.3. The molecule has 2 aromatic heterocycles. The second-order valence-electron chi connectivity index (χ2n) is 6.86. The molecule has 0 aliphatic heterocycles. The molecule has 4 nitrogen and oxygen atoms in total. The van der Waals surface area contributed by atoms with Crippen LogP contribution in [0.15, 0.2) is 48.7 Å². The van der Waals surface area contributed by atoms with Crippen LogP contribution in [0.5, 0.6) is 0 Å². The molecule has 3 aromatic rings. The number of carbonyl (C=O) groups excluding carboxylic acids is 1. The standard InChI is InChI=1S/C24H27N3O/c1-4-5-8-20-17(2)7-6-9-21(20)24-14-18(10-13-26-24)23-15-19(16-28)22(27-23)11-12-25-3/h5-10,13-16,25,27H,4,11-12H2,1-3H3/b8-5-. The summed E-state index contributed by atoms with van der Waals surface area (Å²) in [5.41, 5.74) is 8.10. The van der Waals surface area contributed by atoms with Crippen LogP contribution in [0.4, 0.5) is 0 Å². The Morgan fingerprint density at radius 1 is 1.21 bits per heavy atom. The quantitative estimate of drug-likeness (QED) is 0.543. The first kappa shape index (κ1) is 19.8. The van der Waals surface area contributed by atoms with Crippen molar-refractivity contribution in [2.24, 2.45) is 0 Å². The van der Waals surface area contributed by atoms with Crippen LogP contribution in [0.2, 0.25) is 0 Å². The third kappa shape index (κ3) is 4.29. The number of carbonyl (C=O) groups is 1. The van der Waals surface area contributed by atoms with E-state index in [1.54, 1.807) is 0 Å². The molecule has 1 aromatic carbocycles. The monoisotopic (exact) mass is 373 g/mol. The van der Waals surface area contributed by atoms with E-state index in [-0.39, 0.29) is 0 Å². The largest absolute Gasteiger partial charge is 0.358 e. The van der Waals surface area contributed by atoms with Gasteiger partial charge in [0.1, 0.15) is 0 Å². The van der Waals surface area contributed by atoms with Gasteiger partial charge in [-0.2, -0.15) is 0 Å². The summed E-state index contributed by atoms with van der Waals surface area (Å²) in [5.74, 6) is 0. The van der Waals surface area contributed by atoms with Crippen LogP contribution in [0, 0.1) is 6.92 Å². The van der Waals surface area contributed by atoms with E-state index in [9.17, 15) is 4.79 Å². The molecule has 28 heavy (non-hydrogen) atoms. The smallest absolute Gasteiger partial charge is 0.151 e. The van der Waals surface area contributed by atoms with Crippen LogP contribution in [0.1, 0.15) is 40.5 Å². The lowest BCUT2D eigenvalue weighted by Gasteiger charge is -2.10. The first-order valence-electron chi connectivity index (χ1n) is 9.72. The van der Waals surface area contributed by atoms with Gasteiger partial charge in [-0.05, 0) is 49.7 Å². The number of nitrogens with one attached hydrogen (secondary N) is 2. The minimum absolute atomic E-state index is 0.714. The number of hydrogen-bond acceptors (Lipinski definition) is 3. The molecule has 0 atom stereocenters. The van der Waals surface area contributed by atoms with E-state index in [2.05, 4.69) is 65.5 Å². The lowest BCUT2D eigenvalue weighted by Crippen LogP contribution is -2.11. The van der Waals surface area contributed by atoms with Crippen molar-refractivity contribution in [3.8, 4) is 22.5 Å². The Balaban J connectivity index is 2.03. The average molecular weight is 374 g/mol. The van der Waals surface area contributed by atoms with Gasteiger partial charge in [0.2, 0.25) is 0 Å². The fourth-order valence-corrected chi connectivity index (χ4v) is 3.34. The van der Waals surface area contributed by atoms with Crippen molar-refractivity contribution < 1.29 is 4.79 Å². The zero-order valence-corrected chi connectivity index (χ0v) is 16.8. The van der Waals surface area contributed by atoms with Crippen molar-refractivity contribution in [1.82, 2.24) is 15.3 Å². The Labute approximate surface area is 166 Å². The highest BCUT2D eigenvalue weighted by molar-refractivity contribution is 5.82. The molecular formula is C24H27N3O. The molecule has 0 unspecified atom stereocenters. The van der Waals surface area contributed by atoms with Crippen molar-refractivity contribution in [3.05, 3.63) is 71.1 Å². The minimum Gasteiger partial charge on any atom is -0.358 e. The van der Waals surface area contributed by atoms with E-state index in [0.29, 0.717) is 5.56 Å². The number of likely N-dealkylation sites (N-methyl/N-ethyl adjacent to an activating group) is 1. The first-order valence-corrected chi connectivity index (χ1v) is 9.72. The number of hydrogen-bond donors (Lipinski definition) is 2. The number of nitrogens with zero attached hydrogens (tertiary/aromatic N) is 1. The predicted octanol–water partition coefficient (Wildman–Crippen LogP) is 5.05. The number of allylic oxidation sites excluding steroid dienone is 1. The number of rotatable bonds is 8. The molecule has 0 aliphatic rings. The van der Waals surface area contributed by atoms with Crippen molar-refractivity contribution in [2.45, 2.75) is 26.7 Å². The molecule has 3 rings (SSSR count). The summed E-state index contributed by atoms with van der Waals surface area (Å²) < 4.78 is 0. The highest BCUT2D eigenvalue weighted by Crippen LogP contribution is 2.29. The van der Waals surface area contributed by atoms with E-state index in [1.165, 1.54) is 11.1 Å². The van der Waals surface area contributed by atoms with Gasteiger partial charge in [0, 0.05) is 47.2 Å². The molecule has 0 fully saturated rings. The minimum atomic E-state index is 0.714. The molecule has 2 heterocycles. The number of aromatic amines is 1. The average Bonchev–Trinajstić information content (AvgIpc) is 3.14. The fourth-order valence-electron chi connectivity index (χ4n) is 3.34. The maximum absolute atomic E-state index is 11.4. The topological polar surface area (TPSA) is 57.8 Å². The molecule has 0 bridgehead atoms. The summed E-state index contributed by atoms with van der Waals surface area (Å²) >= 11 is 0. The Morgan fingerprint density at radius 3 is 2.82 bits per heavy atom. The highest BCUT2D eigenvalue weighted by atomic mass is 16.1. The van der Waals surface area contributed by atoms with Crippen molar-refractivity contribution >= 4 is 12.4 Å².